The third-order valence-corrected chi connectivity index (χ3v) is 3.47. The fourth-order valence-electron chi connectivity index (χ4n) is 2.31. The number of hydrogen-bond acceptors (Lipinski definition) is 3. The summed E-state index contributed by atoms with van der Waals surface area (Å²) in [5.41, 5.74) is -0.0213. The van der Waals surface area contributed by atoms with E-state index in [0.717, 1.165) is 37.6 Å². The molecule has 1 fully saturated rings. The van der Waals surface area contributed by atoms with Crippen LogP contribution in [-0.4, -0.2) is 30.4 Å². The van der Waals surface area contributed by atoms with Crippen molar-refractivity contribution in [3.63, 3.8) is 0 Å². The SMILES string of the molecule is CC(NCC(O)c1cc(F)ccc1F)C1CCCO1. The largest absolute Gasteiger partial charge is 0.387 e. The van der Waals surface area contributed by atoms with Crippen LogP contribution in [0.3, 0.4) is 0 Å². The summed E-state index contributed by atoms with van der Waals surface area (Å²) in [5.74, 6) is -1.15. The van der Waals surface area contributed by atoms with E-state index in [1.165, 1.54) is 0 Å². The van der Waals surface area contributed by atoms with Gasteiger partial charge in [0.25, 0.3) is 0 Å². The maximum absolute atomic E-state index is 13.5. The number of aliphatic hydroxyl groups is 1. The van der Waals surface area contributed by atoms with Crippen LogP contribution in [0.5, 0.6) is 0 Å². The van der Waals surface area contributed by atoms with Crippen LogP contribution in [0, 0.1) is 11.6 Å². The highest BCUT2D eigenvalue weighted by Gasteiger charge is 2.23. The van der Waals surface area contributed by atoms with Crippen molar-refractivity contribution >= 4 is 0 Å². The molecule has 0 amide bonds. The quantitative estimate of drug-likeness (QED) is 0.862. The van der Waals surface area contributed by atoms with Crippen LogP contribution in [-0.2, 0) is 4.74 Å². The van der Waals surface area contributed by atoms with Gasteiger partial charge in [0.1, 0.15) is 11.6 Å². The van der Waals surface area contributed by atoms with Crippen molar-refractivity contribution in [3.05, 3.63) is 35.4 Å². The zero-order valence-electron chi connectivity index (χ0n) is 10.9. The summed E-state index contributed by atoms with van der Waals surface area (Å²) >= 11 is 0. The van der Waals surface area contributed by atoms with Crippen molar-refractivity contribution in [1.82, 2.24) is 5.32 Å². The van der Waals surface area contributed by atoms with Crippen LogP contribution in [0.1, 0.15) is 31.4 Å². The Morgan fingerprint density at radius 3 is 2.95 bits per heavy atom. The van der Waals surface area contributed by atoms with Crippen molar-refractivity contribution in [2.45, 2.75) is 38.0 Å². The first-order chi connectivity index (χ1) is 9.08. The molecule has 1 aromatic carbocycles. The van der Waals surface area contributed by atoms with E-state index in [2.05, 4.69) is 5.32 Å². The number of rotatable bonds is 5. The molecule has 0 radical (unpaired) electrons. The standard InChI is InChI=1S/C14H19F2NO2/c1-9(14-3-2-6-19-14)17-8-13(18)11-7-10(15)4-5-12(11)16/h4-5,7,9,13-14,17-18H,2-3,6,8H2,1H3. The molecule has 0 aromatic heterocycles. The van der Waals surface area contributed by atoms with Crippen molar-refractivity contribution in [2.24, 2.45) is 0 Å². The zero-order valence-corrected chi connectivity index (χ0v) is 10.9. The molecule has 1 saturated heterocycles. The molecule has 1 aliphatic heterocycles. The first-order valence-electron chi connectivity index (χ1n) is 6.56. The molecular weight excluding hydrogens is 252 g/mol. The molecule has 0 bridgehead atoms. The van der Waals surface area contributed by atoms with E-state index in [9.17, 15) is 13.9 Å². The number of aliphatic hydroxyl groups excluding tert-OH is 1. The Morgan fingerprint density at radius 1 is 1.47 bits per heavy atom. The Morgan fingerprint density at radius 2 is 2.26 bits per heavy atom. The summed E-state index contributed by atoms with van der Waals surface area (Å²) in [4.78, 5) is 0. The molecule has 5 heteroatoms. The average Bonchev–Trinajstić information content (AvgIpc) is 2.92. The third-order valence-electron chi connectivity index (χ3n) is 3.47. The molecular formula is C14H19F2NO2. The molecule has 1 heterocycles. The van der Waals surface area contributed by atoms with Gasteiger partial charge < -0.3 is 15.2 Å². The Balaban J connectivity index is 1.89. The monoisotopic (exact) mass is 271 g/mol. The Kier molecular flexibility index (Phi) is 4.85. The smallest absolute Gasteiger partial charge is 0.129 e. The lowest BCUT2D eigenvalue weighted by atomic mass is 10.1. The van der Waals surface area contributed by atoms with Crippen LogP contribution >= 0.6 is 0 Å². The van der Waals surface area contributed by atoms with Gasteiger partial charge in [-0.2, -0.15) is 0 Å². The summed E-state index contributed by atoms with van der Waals surface area (Å²) in [6, 6.07) is 3.16. The van der Waals surface area contributed by atoms with Gasteiger partial charge in [-0.05, 0) is 38.0 Å². The summed E-state index contributed by atoms with van der Waals surface area (Å²) in [7, 11) is 0. The normalized spacial score (nSPS) is 22.4. The van der Waals surface area contributed by atoms with E-state index in [1.54, 1.807) is 0 Å². The maximum atomic E-state index is 13.5. The first-order valence-corrected chi connectivity index (χ1v) is 6.56. The average molecular weight is 271 g/mol. The number of ether oxygens (including phenoxy) is 1. The van der Waals surface area contributed by atoms with E-state index >= 15 is 0 Å². The fourth-order valence-corrected chi connectivity index (χ4v) is 2.31. The molecule has 1 aliphatic rings. The Bertz CT molecular complexity index is 422. The second kappa shape index (κ2) is 6.41. The van der Waals surface area contributed by atoms with Gasteiger partial charge in [0.2, 0.25) is 0 Å². The zero-order chi connectivity index (χ0) is 13.8. The van der Waals surface area contributed by atoms with E-state index in [1.807, 2.05) is 6.92 Å². The third kappa shape index (κ3) is 3.72. The lowest BCUT2D eigenvalue weighted by Crippen LogP contribution is -2.39. The van der Waals surface area contributed by atoms with Crippen molar-refractivity contribution in [1.29, 1.82) is 0 Å². The van der Waals surface area contributed by atoms with Gasteiger partial charge in [0.05, 0.1) is 12.2 Å². The van der Waals surface area contributed by atoms with Gasteiger partial charge in [-0.3, -0.25) is 0 Å². The van der Waals surface area contributed by atoms with Gasteiger partial charge in [-0.1, -0.05) is 0 Å². The van der Waals surface area contributed by atoms with Crippen molar-refractivity contribution in [2.75, 3.05) is 13.2 Å². The molecule has 3 unspecified atom stereocenters. The molecule has 0 aliphatic carbocycles. The number of benzene rings is 1. The predicted octanol–water partition coefficient (Wildman–Crippen LogP) is 2.16. The second-order valence-electron chi connectivity index (χ2n) is 4.93. The number of halogens is 2. The lowest BCUT2D eigenvalue weighted by Gasteiger charge is -2.22. The van der Waals surface area contributed by atoms with Gasteiger partial charge >= 0.3 is 0 Å². The van der Waals surface area contributed by atoms with Gasteiger partial charge in [-0.15, -0.1) is 0 Å². The summed E-state index contributed by atoms with van der Waals surface area (Å²) in [6.45, 7) is 2.89. The minimum Gasteiger partial charge on any atom is -0.387 e. The molecule has 2 rings (SSSR count). The predicted molar refractivity (Wildman–Crippen MR) is 67.8 cm³/mol. The molecule has 3 nitrogen and oxygen atoms in total. The molecule has 106 valence electrons. The highest BCUT2D eigenvalue weighted by Crippen LogP contribution is 2.19. The summed E-state index contributed by atoms with van der Waals surface area (Å²) < 4.78 is 32.0. The molecule has 3 atom stereocenters. The topological polar surface area (TPSA) is 41.5 Å². The van der Waals surface area contributed by atoms with E-state index < -0.39 is 17.7 Å². The number of hydrogen-bond donors (Lipinski definition) is 2. The Labute approximate surface area is 111 Å². The van der Waals surface area contributed by atoms with E-state index in [-0.39, 0.29) is 24.3 Å². The minimum atomic E-state index is -1.07. The molecule has 19 heavy (non-hydrogen) atoms. The van der Waals surface area contributed by atoms with Gasteiger partial charge in [0.15, 0.2) is 0 Å². The molecule has 0 spiro atoms. The highest BCUT2D eigenvalue weighted by molar-refractivity contribution is 5.21. The second-order valence-corrected chi connectivity index (χ2v) is 4.93. The number of nitrogens with one attached hydrogen (secondary N) is 1. The van der Waals surface area contributed by atoms with E-state index in [4.69, 9.17) is 4.74 Å². The Hall–Kier alpha value is -1.04. The molecule has 1 aromatic rings. The van der Waals surface area contributed by atoms with Crippen LogP contribution in [0.15, 0.2) is 18.2 Å². The molecule has 2 N–H and O–H groups in total. The fraction of sp³-hybridized carbons (Fsp3) is 0.571. The van der Waals surface area contributed by atoms with Gasteiger partial charge in [-0.25, -0.2) is 8.78 Å². The van der Waals surface area contributed by atoms with Crippen molar-refractivity contribution < 1.29 is 18.6 Å². The summed E-state index contributed by atoms with van der Waals surface area (Å²) in [5, 5.41) is 13.0. The molecule has 0 saturated carbocycles. The van der Waals surface area contributed by atoms with E-state index in [0.29, 0.717) is 0 Å². The van der Waals surface area contributed by atoms with Crippen LogP contribution < -0.4 is 5.32 Å². The van der Waals surface area contributed by atoms with Crippen LogP contribution in [0.25, 0.3) is 0 Å². The first kappa shape index (κ1) is 14.4. The van der Waals surface area contributed by atoms with Crippen molar-refractivity contribution in [3.8, 4) is 0 Å². The van der Waals surface area contributed by atoms with Gasteiger partial charge in [0, 0.05) is 24.8 Å². The summed E-state index contributed by atoms with van der Waals surface area (Å²) in [6.07, 6.45) is 1.08. The highest BCUT2D eigenvalue weighted by atomic mass is 19.1. The lowest BCUT2D eigenvalue weighted by molar-refractivity contribution is 0.0761. The van der Waals surface area contributed by atoms with Crippen LogP contribution in [0.2, 0.25) is 0 Å². The maximum Gasteiger partial charge on any atom is 0.129 e. The minimum absolute atomic E-state index is 0.0213. The van der Waals surface area contributed by atoms with Crippen LogP contribution in [0.4, 0.5) is 8.78 Å².